The van der Waals surface area contributed by atoms with Gasteiger partial charge in [-0.05, 0) is 63.9 Å². The number of carbonyl (C=O) groups excluding carboxylic acids is 2. The molecule has 2 rings (SSSR count). The van der Waals surface area contributed by atoms with E-state index in [9.17, 15) is 9.59 Å². The summed E-state index contributed by atoms with van der Waals surface area (Å²) in [6.07, 6.45) is 0. The second-order valence-corrected chi connectivity index (χ2v) is 7.89. The number of amides is 2. The van der Waals surface area contributed by atoms with Crippen molar-refractivity contribution in [2.75, 3.05) is 0 Å². The van der Waals surface area contributed by atoms with E-state index in [-0.39, 0.29) is 21.5 Å². The number of benzene rings is 2. The Morgan fingerprint density at radius 1 is 0.962 bits per heavy atom. The van der Waals surface area contributed by atoms with Crippen molar-refractivity contribution in [2.45, 2.75) is 40.2 Å². The highest BCUT2D eigenvalue weighted by atomic mass is 35.5. The molecule has 1 N–H and O–H groups in total. The molecule has 0 atom stereocenters. The van der Waals surface area contributed by atoms with E-state index in [1.807, 2.05) is 46.8 Å². The number of nitrogens with zero attached hydrogens (tertiary/aromatic N) is 1. The molecule has 0 saturated carbocycles. The van der Waals surface area contributed by atoms with Crippen molar-refractivity contribution in [3.8, 4) is 0 Å². The zero-order chi connectivity index (χ0) is 19.6. The molecule has 26 heavy (non-hydrogen) atoms. The summed E-state index contributed by atoms with van der Waals surface area (Å²) in [6.45, 7) is 9.29. The maximum absolute atomic E-state index is 13.1. The van der Waals surface area contributed by atoms with Crippen LogP contribution in [-0.2, 0) is 0 Å². The molecule has 138 valence electrons. The van der Waals surface area contributed by atoms with Gasteiger partial charge in [0, 0.05) is 5.56 Å². The molecule has 4 nitrogen and oxygen atoms in total. The Labute approximate surface area is 164 Å². The topological polar surface area (TPSA) is 49.4 Å². The van der Waals surface area contributed by atoms with Crippen LogP contribution in [0, 0.1) is 13.8 Å². The molecule has 0 spiro atoms. The average Bonchev–Trinajstić information content (AvgIpc) is 2.55. The molecule has 0 saturated heterocycles. The monoisotopic (exact) mass is 392 g/mol. The fourth-order valence-electron chi connectivity index (χ4n) is 2.47. The van der Waals surface area contributed by atoms with Crippen LogP contribution in [0.25, 0.3) is 0 Å². The van der Waals surface area contributed by atoms with Crippen molar-refractivity contribution >= 4 is 35.0 Å². The van der Waals surface area contributed by atoms with Gasteiger partial charge in [0.05, 0.1) is 21.1 Å². The standard InChI is InChI=1S/C20H22Cl2N2O2/c1-12-8-6-9-14(13(12)2)18(25)23-24(20(3,4)5)19(26)15-10-7-11-16(21)17(15)22/h6-11H,1-5H3,(H,23,25). The van der Waals surface area contributed by atoms with Crippen LogP contribution in [-0.4, -0.2) is 22.4 Å². The van der Waals surface area contributed by atoms with E-state index >= 15 is 0 Å². The van der Waals surface area contributed by atoms with E-state index in [0.29, 0.717) is 5.56 Å². The van der Waals surface area contributed by atoms with Crippen molar-refractivity contribution in [1.29, 1.82) is 0 Å². The maximum Gasteiger partial charge on any atom is 0.274 e. The predicted octanol–water partition coefficient (Wildman–Crippen LogP) is 5.20. The molecule has 0 radical (unpaired) electrons. The lowest BCUT2D eigenvalue weighted by Crippen LogP contribution is -2.56. The SMILES string of the molecule is Cc1cccc(C(=O)NN(C(=O)c2cccc(Cl)c2Cl)C(C)(C)C)c1C. The Hall–Kier alpha value is -2.04. The van der Waals surface area contributed by atoms with Crippen molar-refractivity contribution in [1.82, 2.24) is 10.4 Å². The first-order valence-corrected chi connectivity index (χ1v) is 8.95. The molecule has 0 bridgehead atoms. The summed E-state index contributed by atoms with van der Waals surface area (Å²) < 4.78 is 0. The molecule has 0 aromatic heterocycles. The molecular weight excluding hydrogens is 371 g/mol. The van der Waals surface area contributed by atoms with Crippen LogP contribution in [0.5, 0.6) is 0 Å². The van der Waals surface area contributed by atoms with E-state index in [4.69, 9.17) is 23.2 Å². The van der Waals surface area contributed by atoms with Gasteiger partial charge in [-0.15, -0.1) is 0 Å². The van der Waals surface area contributed by atoms with Gasteiger partial charge in [-0.3, -0.25) is 15.0 Å². The smallest absolute Gasteiger partial charge is 0.267 e. The Morgan fingerprint density at radius 2 is 1.54 bits per heavy atom. The van der Waals surface area contributed by atoms with Gasteiger partial charge >= 0.3 is 0 Å². The summed E-state index contributed by atoms with van der Waals surface area (Å²) in [6, 6.07) is 10.3. The van der Waals surface area contributed by atoms with Gasteiger partial charge in [-0.1, -0.05) is 41.4 Å². The summed E-state index contributed by atoms with van der Waals surface area (Å²) in [5, 5.41) is 1.73. The number of rotatable bonds is 2. The lowest BCUT2D eigenvalue weighted by Gasteiger charge is -2.36. The molecule has 0 heterocycles. The number of hydrazine groups is 1. The molecular formula is C20H22Cl2N2O2. The number of hydrogen-bond donors (Lipinski definition) is 1. The third-order valence-corrected chi connectivity index (χ3v) is 4.94. The molecule has 2 amide bonds. The zero-order valence-corrected chi connectivity index (χ0v) is 17.0. The van der Waals surface area contributed by atoms with E-state index < -0.39 is 11.4 Å². The highest BCUT2D eigenvalue weighted by Gasteiger charge is 2.31. The van der Waals surface area contributed by atoms with Crippen LogP contribution in [0.4, 0.5) is 0 Å². The van der Waals surface area contributed by atoms with Crippen LogP contribution < -0.4 is 5.43 Å². The van der Waals surface area contributed by atoms with Crippen LogP contribution in [0.3, 0.4) is 0 Å². The fourth-order valence-corrected chi connectivity index (χ4v) is 2.85. The molecule has 0 fully saturated rings. The van der Waals surface area contributed by atoms with Gasteiger partial charge in [0.15, 0.2) is 0 Å². The van der Waals surface area contributed by atoms with Crippen LogP contribution in [0.15, 0.2) is 36.4 Å². The van der Waals surface area contributed by atoms with Crippen molar-refractivity contribution in [3.05, 3.63) is 68.7 Å². The zero-order valence-electron chi connectivity index (χ0n) is 15.5. The Bertz CT molecular complexity index is 857. The summed E-state index contributed by atoms with van der Waals surface area (Å²) in [5.74, 6) is -0.781. The Balaban J connectivity index is 2.40. The predicted molar refractivity (Wildman–Crippen MR) is 106 cm³/mol. The summed E-state index contributed by atoms with van der Waals surface area (Å²) >= 11 is 12.2. The lowest BCUT2D eigenvalue weighted by atomic mass is 10.0. The first kappa shape index (κ1) is 20.3. The molecule has 0 aliphatic heterocycles. The minimum absolute atomic E-state index is 0.161. The largest absolute Gasteiger partial charge is 0.274 e. The molecule has 2 aromatic carbocycles. The van der Waals surface area contributed by atoms with Gasteiger partial charge < -0.3 is 0 Å². The molecule has 0 aliphatic carbocycles. The summed E-state index contributed by atoms with van der Waals surface area (Å²) in [4.78, 5) is 25.8. The van der Waals surface area contributed by atoms with E-state index in [0.717, 1.165) is 11.1 Å². The second kappa shape index (κ2) is 7.68. The Kier molecular flexibility index (Phi) is 5.99. The van der Waals surface area contributed by atoms with Crippen molar-refractivity contribution in [3.63, 3.8) is 0 Å². The third kappa shape index (κ3) is 4.19. The van der Waals surface area contributed by atoms with E-state index in [1.54, 1.807) is 24.3 Å². The van der Waals surface area contributed by atoms with Crippen molar-refractivity contribution < 1.29 is 9.59 Å². The van der Waals surface area contributed by atoms with Crippen molar-refractivity contribution in [2.24, 2.45) is 0 Å². The normalized spacial score (nSPS) is 11.2. The highest BCUT2D eigenvalue weighted by Crippen LogP contribution is 2.28. The van der Waals surface area contributed by atoms with Gasteiger partial charge in [-0.25, -0.2) is 5.01 Å². The second-order valence-electron chi connectivity index (χ2n) is 7.10. The summed E-state index contributed by atoms with van der Waals surface area (Å²) in [5.41, 5.74) is 4.68. The third-order valence-electron chi connectivity index (χ3n) is 4.12. The number of carbonyl (C=O) groups is 2. The number of hydrogen-bond acceptors (Lipinski definition) is 2. The Morgan fingerprint density at radius 3 is 2.15 bits per heavy atom. The molecule has 0 aliphatic rings. The number of nitrogens with one attached hydrogen (secondary N) is 1. The minimum Gasteiger partial charge on any atom is -0.267 e. The maximum atomic E-state index is 13.1. The first-order chi connectivity index (χ1) is 12.0. The molecule has 6 heteroatoms. The molecule has 0 unspecified atom stereocenters. The average molecular weight is 393 g/mol. The van der Waals surface area contributed by atoms with E-state index in [1.165, 1.54) is 5.01 Å². The highest BCUT2D eigenvalue weighted by molar-refractivity contribution is 6.43. The fraction of sp³-hybridized carbons (Fsp3) is 0.300. The molecule has 2 aromatic rings. The first-order valence-electron chi connectivity index (χ1n) is 8.20. The quantitative estimate of drug-likeness (QED) is 0.714. The lowest BCUT2D eigenvalue weighted by molar-refractivity contribution is 0.0358. The minimum atomic E-state index is -0.671. The van der Waals surface area contributed by atoms with Gasteiger partial charge in [0.2, 0.25) is 0 Å². The number of aryl methyl sites for hydroxylation is 1. The van der Waals surface area contributed by atoms with Crippen LogP contribution >= 0.6 is 23.2 Å². The summed E-state index contributed by atoms with van der Waals surface area (Å²) in [7, 11) is 0. The van der Waals surface area contributed by atoms with Gasteiger partial charge in [0.1, 0.15) is 0 Å². The van der Waals surface area contributed by atoms with Gasteiger partial charge in [0.25, 0.3) is 11.8 Å². The number of halogens is 2. The van der Waals surface area contributed by atoms with Gasteiger partial charge in [-0.2, -0.15) is 0 Å². The van der Waals surface area contributed by atoms with Crippen LogP contribution in [0.1, 0.15) is 52.6 Å². The van der Waals surface area contributed by atoms with Crippen LogP contribution in [0.2, 0.25) is 10.0 Å². The van der Waals surface area contributed by atoms with E-state index in [2.05, 4.69) is 5.43 Å².